The van der Waals surface area contributed by atoms with Crippen molar-refractivity contribution >= 4 is 29.7 Å². The zero-order chi connectivity index (χ0) is 25.4. The molecule has 0 aliphatic heterocycles. The summed E-state index contributed by atoms with van der Waals surface area (Å²) >= 11 is 0. The molecule has 1 N–H and O–H groups in total. The van der Waals surface area contributed by atoms with E-state index >= 15 is 0 Å². The molecule has 0 saturated carbocycles. The Morgan fingerprint density at radius 2 is 1.77 bits per heavy atom. The first-order valence-electron chi connectivity index (χ1n) is 11.2. The largest absolute Gasteiger partial charge is 0.493 e. The minimum absolute atomic E-state index is 0.220. The second-order valence-corrected chi connectivity index (χ2v) is 7.46. The van der Waals surface area contributed by atoms with Gasteiger partial charge in [0.15, 0.2) is 11.5 Å². The van der Waals surface area contributed by atoms with Gasteiger partial charge in [-0.2, -0.15) is 5.10 Å². The van der Waals surface area contributed by atoms with Crippen molar-refractivity contribution in [2.75, 3.05) is 25.5 Å². The summed E-state index contributed by atoms with van der Waals surface area (Å²) in [4.78, 5) is 38.8. The number of hydrogen-bond donors (Lipinski definition) is 1. The molecule has 0 aliphatic carbocycles. The fraction of sp³-hybridized carbons (Fsp3) is 0.231. The van der Waals surface area contributed by atoms with E-state index in [1.165, 1.54) is 31.0 Å². The normalized spacial score (nSPS) is 10.7. The summed E-state index contributed by atoms with van der Waals surface area (Å²) in [6, 6.07) is 14.2. The van der Waals surface area contributed by atoms with Crippen LogP contribution in [0.4, 0.5) is 5.82 Å². The molecule has 3 rings (SSSR count). The Labute approximate surface area is 203 Å². The topological polar surface area (TPSA) is 103 Å². The Morgan fingerprint density at radius 1 is 1.06 bits per heavy atom. The molecule has 35 heavy (non-hydrogen) atoms. The lowest BCUT2D eigenvalue weighted by atomic mass is 10.2. The molecule has 182 valence electrons. The molecule has 9 heteroatoms. The van der Waals surface area contributed by atoms with E-state index in [9.17, 15) is 14.4 Å². The number of carbonyl (C=O) groups excluding carboxylic acids is 3. The monoisotopic (exact) mass is 476 g/mol. The molecule has 0 saturated heterocycles. The number of rotatable bonds is 9. The smallest absolute Gasteiger partial charge is 0.308 e. The van der Waals surface area contributed by atoms with Crippen molar-refractivity contribution in [2.45, 2.75) is 20.8 Å². The molecule has 0 unspecified atom stereocenters. The first-order chi connectivity index (χ1) is 16.9. The number of amides is 2. The summed E-state index contributed by atoms with van der Waals surface area (Å²) in [5.41, 5.74) is 1.66. The van der Waals surface area contributed by atoms with Gasteiger partial charge in [0.2, 0.25) is 5.91 Å². The maximum Gasteiger partial charge on any atom is 0.308 e. The van der Waals surface area contributed by atoms with Crippen LogP contribution < -0.4 is 14.8 Å². The molecule has 0 radical (unpaired) electrons. The molecule has 1 aromatic heterocycles. The number of ether oxygens (including phenoxy) is 2. The molecule has 0 atom stereocenters. The third-order valence-electron chi connectivity index (χ3n) is 5.16. The van der Waals surface area contributed by atoms with Gasteiger partial charge in [0, 0.05) is 26.1 Å². The van der Waals surface area contributed by atoms with Crippen LogP contribution in [0.3, 0.4) is 0 Å². The fourth-order valence-corrected chi connectivity index (χ4v) is 3.43. The average molecular weight is 477 g/mol. The lowest BCUT2D eigenvalue weighted by molar-refractivity contribution is -0.132. The van der Waals surface area contributed by atoms with E-state index in [-0.39, 0.29) is 17.5 Å². The Kier molecular flexibility index (Phi) is 8.39. The number of para-hydroxylation sites is 1. The number of carbonyl (C=O) groups is 3. The lowest BCUT2D eigenvalue weighted by Gasteiger charge is -2.19. The van der Waals surface area contributed by atoms with Gasteiger partial charge in [-0.3, -0.25) is 14.4 Å². The lowest BCUT2D eigenvalue weighted by Crippen LogP contribution is -2.31. The number of anilines is 1. The van der Waals surface area contributed by atoms with Crippen molar-refractivity contribution in [2.24, 2.45) is 0 Å². The molecule has 0 bridgehead atoms. The Hall–Kier alpha value is -4.40. The van der Waals surface area contributed by atoms with Crippen LogP contribution >= 0.6 is 0 Å². The Bertz CT molecular complexity index is 1230. The van der Waals surface area contributed by atoms with E-state index in [2.05, 4.69) is 10.4 Å². The van der Waals surface area contributed by atoms with Crippen LogP contribution in [0.1, 0.15) is 36.7 Å². The Balaban J connectivity index is 1.89. The van der Waals surface area contributed by atoms with Gasteiger partial charge in [-0.05, 0) is 49.8 Å². The summed E-state index contributed by atoms with van der Waals surface area (Å²) in [7, 11) is 1.46. The van der Waals surface area contributed by atoms with E-state index in [0.29, 0.717) is 35.7 Å². The number of methoxy groups -OCH3 is 1. The molecular weight excluding hydrogens is 448 g/mol. The molecule has 0 aliphatic rings. The van der Waals surface area contributed by atoms with Gasteiger partial charge in [0.05, 0.1) is 19.0 Å². The van der Waals surface area contributed by atoms with E-state index < -0.39 is 11.9 Å². The molecule has 2 amide bonds. The van der Waals surface area contributed by atoms with Crippen molar-refractivity contribution in [3.8, 4) is 17.2 Å². The number of nitrogens with one attached hydrogen (secondary N) is 1. The minimum atomic E-state index is -0.462. The van der Waals surface area contributed by atoms with Gasteiger partial charge >= 0.3 is 5.97 Å². The van der Waals surface area contributed by atoms with Gasteiger partial charge < -0.3 is 19.7 Å². The summed E-state index contributed by atoms with van der Waals surface area (Å²) in [6.07, 6.45) is 4.39. The standard InChI is InChI=1S/C26H28N4O5/c1-5-29(6-2)26(33)21-17-27-30(20-10-8-7-9-11-20)25(21)28-24(32)15-13-19-12-14-22(35-18(3)31)23(16-19)34-4/h7-17H,5-6H2,1-4H3,(H,28,32)/b15-13+. The summed E-state index contributed by atoms with van der Waals surface area (Å²) in [5, 5.41) is 7.16. The van der Waals surface area contributed by atoms with Gasteiger partial charge in [-0.25, -0.2) is 4.68 Å². The highest BCUT2D eigenvalue weighted by molar-refractivity contribution is 6.07. The third-order valence-corrected chi connectivity index (χ3v) is 5.16. The zero-order valence-electron chi connectivity index (χ0n) is 20.1. The molecule has 0 spiro atoms. The van der Waals surface area contributed by atoms with E-state index in [1.54, 1.807) is 29.2 Å². The predicted octanol–water partition coefficient (Wildman–Crippen LogP) is 3.94. The van der Waals surface area contributed by atoms with Crippen molar-refractivity contribution in [1.29, 1.82) is 0 Å². The maximum atomic E-state index is 13.1. The molecular formula is C26H28N4O5. The average Bonchev–Trinajstić information content (AvgIpc) is 3.27. The van der Waals surface area contributed by atoms with Crippen molar-refractivity contribution < 1.29 is 23.9 Å². The number of aromatic nitrogens is 2. The highest BCUT2D eigenvalue weighted by Crippen LogP contribution is 2.29. The molecule has 2 aromatic carbocycles. The first-order valence-corrected chi connectivity index (χ1v) is 11.2. The first kappa shape index (κ1) is 25.2. The van der Waals surface area contributed by atoms with Gasteiger partial charge in [0.25, 0.3) is 5.91 Å². The third kappa shape index (κ3) is 6.14. The SMILES string of the molecule is CCN(CC)C(=O)c1cnn(-c2ccccc2)c1NC(=O)/C=C/c1ccc(OC(C)=O)c(OC)c1. The molecule has 3 aromatic rings. The Morgan fingerprint density at radius 3 is 2.40 bits per heavy atom. The summed E-state index contributed by atoms with van der Waals surface area (Å²) in [6.45, 7) is 6.15. The van der Waals surface area contributed by atoms with Crippen molar-refractivity contribution in [1.82, 2.24) is 14.7 Å². The minimum Gasteiger partial charge on any atom is -0.493 e. The molecule has 1 heterocycles. The van der Waals surface area contributed by atoms with E-state index in [4.69, 9.17) is 9.47 Å². The van der Waals surface area contributed by atoms with Crippen LogP contribution in [0.5, 0.6) is 11.5 Å². The van der Waals surface area contributed by atoms with Gasteiger partial charge in [-0.1, -0.05) is 24.3 Å². The predicted molar refractivity (Wildman–Crippen MR) is 133 cm³/mol. The van der Waals surface area contributed by atoms with Gasteiger partial charge in [0.1, 0.15) is 11.4 Å². The van der Waals surface area contributed by atoms with E-state index in [1.807, 2.05) is 44.2 Å². The van der Waals surface area contributed by atoms with Crippen LogP contribution in [0, 0.1) is 0 Å². The van der Waals surface area contributed by atoms with Crippen LogP contribution in [-0.4, -0.2) is 52.7 Å². The number of benzene rings is 2. The highest BCUT2D eigenvalue weighted by atomic mass is 16.6. The van der Waals surface area contributed by atoms with Crippen LogP contribution in [0.25, 0.3) is 11.8 Å². The number of nitrogens with zero attached hydrogens (tertiary/aromatic N) is 3. The van der Waals surface area contributed by atoms with Crippen LogP contribution in [0.15, 0.2) is 60.8 Å². The second-order valence-electron chi connectivity index (χ2n) is 7.46. The quantitative estimate of drug-likeness (QED) is 0.285. The van der Waals surface area contributed by atoms with Crippen LogP contribution in [-0.2, 0) is 9.59 Å². The van der Waals surface area contributed by atoms with Crippen molar-refractivity contribution in [3.63, 3.8) is 0 Å². The summed E-state index contributed by atoms with van der Waals surface area (Å²) in [5.74, 6) is -0.201. The fourth-order valence-electron chi connectivity index (χ4n) is 3.43. The zero-order valence-corrected chi connectivity index (χ0v) is 20.1. The summed E-state index contributed by atoms with van der Waals surface area (Å²) < 4.78 is 11.9. The van der Waals surface area contributed by atoms with Crippen molar-refractivity contribution in [3.05, 3.63) is 71.9 Å². The van der Waals surface area contributed by atoms with Gasteiger partial charge in [-0.15, -0.1) is 0 Å². The highest BCUT2D eigenvalue weighted by Gasteiger charge is 2.23. The van der Waals surface area contributed by atoms with Crippen LogP contribution in [0.2, 0.25) is 0 Å². The number of esters is 1. The maximum absolute atomic E-state index is 13.1. The number of hydrogen-bond acceptors (Lipinski definition) is 6. The van der Waals surface area contributed by atoms with E-state index in [0.717, 1.165) is 0 Å². The molecule has 9 nitrogen and oxygen atoms in total. The second kappa shape index (κ2) is 11.6. The molecule has 0 fully saturated rings.